The molecule has 102 valence electrons. The summed E-state index contributed by atoms with van der Waals surface area (Å²) in [5, 5.41) is 0. The quantitative estimate of drug-likeness (QED) is 0.706. The predicted octanol–water partition coefficient (Wildman–Crippen LogP) is 4.60. The lowest BCUT2D eigenvalue weighted by Crippen LogP contribution is -2.07. The molecule has 0 saturated carbocycles. The molecule has 0 radical (unpaired) electrons. The van der Waals surface area contributed by atoms with Crippen LogP contribution in [0.25, 0.3) is 0 Å². The first kappa shape index (κ1) is 13.2. The van der Waals surface area contributed by atoms with Gasteiger partial charge in [-0.15, -0.1) is 0 Å². The number of halogens is 3. The SMILES string of the molecule is O=C1Cc2cc(C(F)(F)F)ccc2Sc2ccccc21. The van der Waals surface area contributed by atoms with E-state index in [1.807, 2.05) is 12.1 Å². The van der Waals surface area contributed by atoms with Gasteiger partial charge in [0.15, 0.2) is 5.78 Å². The lowest BCUT2D eigenvalue weighted by molar-refractivity contribution is -0.137. The molecule has 1 heterocycles. The molecular weight excluding hydrogens is 285 g/mol. The fourth-order valence-corrected chi connectivity index (χ4v) is 3.24. The number of ketones is 1. The maximum absolute atomic E-state index is 12.7. The van der Waals surface area contributed by atoms with Crippen molar-refractivity contribution in [1.82, 2.24) is 0 Å². The monoisotopic (exact) mass is 294 g/mol. The molecule has 0 fully saturated rings. The highest BCUT2D eigenvalue weighted by atomic mass is 32.2. The van der Waals surface area contributed by atoms with E-state index in [9.17, 15) is 18.0 Å². The van der Waals surface area contributed by atoms with Crippen molar-refractivity contribution in [3.8, 4) is 0 Å². The zero-order valence-corrected chi connectivity index (χ0v) is 11.0. The van der Waals surface area contributed by atoms with Gasteiger partial charge in [-0.25, -0.2) is 0 Å². The normalized spacial score (nSPS) is 14.4. The van der Waals surface area contributed by atoms with Crippen LogP contribution in [0, 0.1) is 0 Å². The van der Waals surface area contributed by atoms with E-state index in [0.29, 0.717) is 16.0 Å². The predicted molar refractivity (Wildman–Crippen MR) is 70.0 cm³/mol. The van der Waals surface area contributed by atoms with E-state index in [0.717, 1.165) is 17.0 Å². The third kappa shape index (κ3) is 2.33. The van der Waals surface area contributed by atoms with E-state index in [1.54, 1.807) is 12.1 Å². The Balaban J connectivity index is 2.10. The molecule has 0 bridgehead atoms. The molecule has 0 spiro atoms. The standard InChI is InChI=1S/C15H9F3OS/c16-15(17,18)10-5-6-13-9(7-10)8-12(19)11-3-1-2-4-14(11)20-13/h1-7H,8H2. The van der Waals surface area contributed by atoms with Crippen LogP contribution >= 0.6 is 11.8 Å². The molecule has 5 heteroatoms. The molecule has 0 atom stereocenters. The van der Waals surface area contributed by atoms with Crippen LogP contribution in [0.2, 0.25) is 0 Å². The van der Waals surface area contributed by atoms with Crippen LogP contribution in [-0.2, 0) is 12.6 Å². The average molecular weight is 294 g/mol. The molecule has 0 aromatic heterocycles. The van der Waals surface area contributed by atoms with Gasteiger partial charge >= 0.3 is 6.18 Å². The second-order valence-electron chi connectivity index (χ2n) is 4.52. The van der Waals surface area contributed by atoms with Crippen LogP contribution in [0.3, 0.4) is 0 Å². The molecule has 0 aliphatic carbocycles. The first-order valence-electron chi connectivity index (χ1n) is 5.95. The molecule has 1 aliphatic rings. The minimum atomic E-state index is -4.39. The Hall–Kier alpha value is -1.75. The summed E-state index contributed by atoms with van der Waals surface area (Å²) in [4.78, 5) is 13.6. The van der Waals surface area contributed by atoms with Gasteiger partial charge < -0.3 is 0 Å². The summed E-state index contributed by atoms with van der Waals surface area (Å²) in [6.07, 6.45) is -4.38. The second-order valence-corrected chi connectivity index (χ2v) is 5.60. The maximum atomic E-state index is 12.7. The van der Waals surface area contributed by atoms with Crippen molar-refractivity contribution in [3.63, 3.8) is 0 Å². The highest BCUT2D eigenvalue weighted by molar-refractivity contribution is 7.99. The van der Waals surface area contributed by atoms with Gasteiger partial charge in [0, 0.05) is 21.8 Å². The molecule has 2 aromatic rings. The Labute approximate surface area is 117 Å². The van der Waals surface area contributed by atoms with Gasteiger partial charge in [0.2, 0.25) is 0 Å². The Morgan fingerprint density at radius 1 is 1.00 bits per heavy atom. The van der Waals surface area contributed by atoms with Crippen molar-refractivity contribution >= 4 is 17.5 Å². The Morgan fingerprint density at radius 2 is 1.75 bits per heavy atom. The number of Topliss-reactive ketones (excluding diaryl/α,β-unsaturated/α-hetero) is 1. The zero-order chi connectivity index (χ0) is 14.3. The van der Waals surface area contributed by atoms with E-state index in [-0.39, 0.29) is 12.2 Å². The first-order valence-corrected chi connectivity index (χ1v) is 6.77. The molecule has 0 N–H and O–H groups in total. The molecule has 3 rings (SSSR count). The summed E-state index contributed by atoms with van der Waals surface area (Å²) in [5.74, 6) is -0.147. The van der Waals surface area contributed by atoms with Gasteiger partial charge in [-0.1, -0.05) is 30.0 Å². The van der Waals surface area contributed by atoms with Crippen LogP contribution < -0.4 is 0 Å². The van der Waals surface area contributed by atoms with Crippen molar-refractivity contribution in [3.05, 3.63) is 59.2 Å². The van der Waals surface area contributed by atoms with Crippen molar-refractivity contribution in [2.24, 2.45) is 0 Å². The van der Waals surface area contributed by atoms with Crippen molar-refractivity contribution < 1.29 is 18.0 Å². The fourth-order valence-electron chi connectivity index (χ4n) is 2.17. The number of alkyl halides is 3. The molecule has 0 saturated heterocycles. The minimum Gasteiger partial charge on any atom is -0.294 e. The largest absolute Gasteiger partial charge is 0.416 e. The topological polar surface area (TPSA) is 17.1 Å². The summed E-state index contributed by atoms with van der Waals surface area (Å²) in [6.45, 7) is 0. The Morgan fingerprint density at radius 3 is 2.50 bits per heavy atom. The van der Waals surface area contributed by atoms with E-state index >= 15 is 0 Å². The third-order valence-electron chi connectivity index (χ3n) is 3.15. The van der Waals surface area contributed by atoms with Crippen LogP contribution in [0.1, 0.15) is 21.5 Å². The maximum Gasteiger partial charge on any atom is 0.416 e. The molecule has 20 heavy (non-hydrogen) atoms. The van der Waals surface area contributed by atoms with Gasteiger partial charge in [0.25, 0.3) is 0 Å². The minimum absolute atomic E-state index is 0.00324. The number of carbonyl (C=O) groups is 1. The van der Waals surface area contributed by atoms with E-state index in [4.69, 9.17) is 0 Å². The second kappa shape index (κ2) is 4.66. The molecule has 2 aromatic carbocycles. The van der Waals surface area contributed by atoms with Crippen LogP contribution in [0.4, 0.5) is 13.2 Å². The molecule has 1 nitrogen and oxygen atoms in total. The van der Waals surface area contributed by atoms with Gasteiger partial charge in [-0.2, -0.15) is 13.2 Å². The number of carbonyl (C=O) groups excluding carboxylic acids is 1. The summed E-state index contributed by atoms with van der Waals surface area (Å²) < 4.78 is 38.2. The number of benzene rings is 2. The highest BCUT2D eigenvalue weighted by Gasteiger charge is 2.32. The van der Waals surface area contributed by atoms with Crippen molar-refractivity contribution in [1.29, 1.82) is 0 Å². The number of fused-ring (bicyclic) bond motifs is 2. The van der Waals surface area contributed by atoms with Crippen LogP contribution in [0.5, 0.6) is 0 Å². The molecule has 1 aliphatic heterocycles. The summed E-state index contributed by atoms with van der Waals surface area (Å²) in [7, 11) is 0. The summed E-state index contributed by atoms with van der Waals surface area (Å²) in [5.41, 5.74) is 0.295. The van der Waals surface area contributed by atoms with Gasteiger partial charge in [0.1, 0.15) is 0 Å². The van der Waals surface area contributed by atoms with Crippen molar-refractivity contribution in [2.75, 3.05) is 0 Å². The lowest BCUT2D eigenvalue weighted by Gasteiger charge is -2.10. The van der Waals surface area contributed by atoms with E-state index in [1.165, 1.54) is 17.8 Å². The fraction of sp³-hybridized carbons (Fsp3) is 0.133. The molecule has 0 amide bonds. The van der Waals surface area contributed by atoms with Gasteiger partial charge in [-0.3, -0.25) is 4.79 Å². The van der Waals surface area contributed by atoms with E-state index in [2.05, 4.69) is 0 Å². The highest BCUT2D eigenvalue weighted by Crippen LogP contribution is 2.39. The first-order chi connectivity index (χ1) is 9.45. The Bertz CT molecular complexity index is 692. The Kier molecular flexibility index (Phi) is 3.09. The molecule has 0 unspecified atom stereocenters. The molecular formula is C15H9F3OS. The summed E-state index contributed by atoms with van der Waals surface area (Å²) >= 11 is 1.34. The summed E-state index contributed by atoms with van der Waals surface area (Å²) in [6, 6.07) is 10.7. The van der Waals surface area contributed by atoms with Crippen LogP contribution in [-0.4, -0.2) is 5.78 Å². The van der Waals surface area contributed by atoms with Crippen molar-refractivity contribution in [2.45, 2.75) is 22.4 Å². The zero-order valence-electron chi connectivity index (χ0n) is 10.2. The average Bonchev–Trinajstić information content (AvgIpc) is 2.53. The van der Waals surface area contributed by atoms with Gasteiger partial charge in [0.05, 0.1) is 5.56 Å². The number of hydrogen-bond donors (Lipinski definition) is 0. The van der Waals surface area contributed by atoms with E-state index < -0.39 is 11.7 Å². The number of hydrogen-bond acceptors (Lipinski definition) is 2. The van der Waals surface area contributed by atoms with Gasteiger partial charge in [-0.05, 0) is 29.8 Å². The lowest BCUT2D eigenvalue weighted by atomic mass is 10.0. The smallest absolute Gasteiger partial charge is 0.294 e. The number of rotatable bonds is 0. The van der Waals surface area contributed by atoms with Crippen LogP contribution in [0.15, 0.2) is 52.3 Å². The third-order valence-corrected chi connectivity index (χ3v) is 4.34.